The van der Waals surface area contributed by atoms with Gasteiger partial charge in [0.25, 0.3) is 0 Å². The molecule has 0 bridgehead atoms. The fourth-order valence-corrected chi connectivity index (χ4v) is 3.02. The van der Waals surface area contributed by atoms with E-state index in [1.165, 1.54) is 89.9 Å². The van der Waals surface area contributed by atoms with Crippen LogP contribution in [0.3, 0.4) is 0 Å². The number of hydrogen-bond donors (Lipinski definition) is 0. The predicted molar refractivity (Wildman–Crippen MR) is 99.1 cm³/mol. The van der Waals surface area contributed by atoms with Gasteiger partial charge in [-0.05, 0) is 12.8 Å². The Labute approximate surface area is 140 Å². The summed E-state index contributed by atoms with van der Waals surface area (Å²) in [5.74, 6) is 0.407. The van der Waals surface area contributed by atoms with Crippen molar-refractivity contribution in [2.75, 3.05) is 0 Å². The van der Waals surface area contributed by atoms with Gasteiger partial charge in [-0.2, -0.15) is 0 Å². The molecule has 0 aromatic heterocycles. The number of carbonyl (C=O) groups is 1. The minimum absolute atomic E-state index is 0.407. The van der Waals surface area contributed by atoms with E-state index in [-0.39, 0.29) is 0 Å². The topological polar surface area (TPSA) is 17.1 Å². The highest BCUT2D eigenvalue weighted by Gasteiger charge is 1.99. The third-order valence-corrected chi connectivity index (χ3v) is 4.51. The summed E-state index contributed by atoms with van der Waals surface area (Å²) in [7, 11) is 0. The minimum Gasteiger partial charge on any atom is -0.300 e. The summed E-state index contributed by atoms with van der Waals surface area (Å²) in [6.07, 6.45) is 22.9. The van der Waals surface area contributed by atoms with Crippen LogP contribution in [0.4, 0.5) is 0 Å². The summed E-state index contributed by atoms with van der Waals surface area (Å²) < 4.78 is 0. The Hall–Kier alpha value is -0.330. The first kappa shape index (κ1) is 21.7. The van der Waals surface area contributed by atoms with Crippen molar-refractivity contribution in [1.82, 2.24) is 0 Å². The quantitative estimate of drug-likeness (QED) is 0.240. The van der Waals surface area contributed by atoms with Crippen molar-refractivity contribution in [3.63, 3.8) is 0 Å². The van der Waals surface area contributed by atoms with Crippen molar-refractivity contribution in [2.45, 2.75) is 122 Å². The number of ketones is 1. The molecule has 0 saturated heterocycles. The zero-order valence-corrected chi connectivity index (χ0v) is 15.3. The van der Waals surface area contributed by atoms with Crippen LogP contribution < -0.4 is 0 Å². The Kier molecular flexibility index (Phi) is 18.4. The number of carbonyl (C=O) groups excluding carboxylic acids is 1. The third kappa shape index (κ3) is 17.7. The molecule has 0 aliphatic heterocycles. The van der Waals surface area contributed by atoms with Crippen LogP contribution in [-0.2, 0) is 4.79 Å². The van der Waals surface area contributed by atoms with Crippen molar-refractivity contribution in [3.05, 3.63) is 6.92 Å². The minimum atomic E-state index is 0.407. The van der Waals surface area contributed by atoms with E-state index in [1.54, 1.807) is 0 Å². The normalized spacial score (nSPS) is 11.0. The van der Waals surface area contributed by atoms with Crippen LogP contribution in [0.5, 0.6) is 0 Å². The van der Waals surface area contributed by atoms with Gasteiger partial charge in [0.15, 0.2) is 0 Å². The summed E-state index contributed by atoms with van der Waals surface area (Å²) in [6.45, 7) is 6.01. The largest absolute Gasteiger partial charge is 0.300 e. The molecule has 1 radical (unpaired) electrons. The Morgan fingerprint density at radius 2 is 0.955 bits per heavy atom. The fraction of sp³-hybridized carbons (Fsp3) is 0.905. The molecule has 131 valence electrons. The second kappa shape index (κ2) is 18.7. The van der Waals surface area contributed by atoms with Crippen LogP contribution in [0, 0.1) is 6.92 Å². The molecule has 0 N–H and O–H groups in total. The van der Waals surface area contributed by atoms with E-state index in [1.807, 2.05) is 0 Å². The van der Waals surface area contributed by atoms with Crippen molar-refractivity contribution in [2.24, 2.45) is 0 Å². The van der Waals surface area contributed by atoms with Gasteiger partial charge in [-0.15, -0.1) is 0 Å². The van der Waals surface area contributed by atoms with Gasteiger partial charge in [-0.1, -0.05) is 104 Å². The summed E-state index contributed by atoms with van der Waals surface area (Å²) in [5, 5.41) is 0. The van der Waals surface area contributed by atoms with E-state index in [0.717, 1.165) is 19.3 Å². The molecule has 0 amide bonds. The van der Waals surface area contributed by atoms with E-state index in [4.69, 9.17) is 0 Å². The lowest BCUT2D eigenvalue weighted by molar-refractivity contribution is -0.119. The lowest BCUT2D eigenvalue weighted by Gasteiger charge is -2.03. The van der Waals surface area contributed by atoms with Crippen LogP contribution in [0.2, 0.25) is 0 Å². The van der Waals surface area contributed by atoms with Gasteiger partial charge in [-0.25, -0.2) is 0 Å². The van der Waals surface area contributed by atoms with E-state index in [2.05, 4.69) is 13.8 Å². The van der Waals surface area contributed by atoms with Crippen LogP contribution in [-0.4, -0.2) is 5.78 Å². The number of unbranched alkanes of at least 4 members (excludes halogenated alkanes) is 14. The molecule has 0 aromatic rings. The average molecular weight is 310 g/mol. The summed E-state index contributed by atoms with van der Waals surface area (Å²) in [6, 6.07) is 0. The lowest BCUT2D eigenvalue weighted by Crippen LogP contribution is -1.96. The molecule has 0 heterocycles. The van der Waals surface area contributed by atoms with Crippen LogP contribution in [0.15, 0.2) is 0 Å². The SMILES string of the molecule is [CH2]CCC(=O)CCCCCCCCCCCCCCCCC. The maximum Gasteiger partial charge on any atom is 0.132 e. The maximum atomic E-state index is 11.3. The van der Waals surface area contributed by atoms with Crippen molar-refractivity contribution in [1.29, 1.82) is 0 Å². The molecule has 0 aliphatic carbocycles. The van der Waals surface area contributed by atoms with Crippen molar-refractivity contribution < 1.29 is 4.79 Å². The van der Waals surface area contributed by atoms with Crippen LogP contribution in [0.25, 0.3) is 0 Å². The van der Waals surface area contributed by atoms with E-state index in [0.29, 0.717) is 12.2 Å². The summed E-state index contributed by atoms with van der Waals surface area (Å²) >= 11 is 0. The van der Waals surface area contributed by atoms with Gasteiger partial charge < -0.3 is 0 Å². The molecule has 0 atom stereocenters. The average Bonchev–Trinajstić information content (AvgIpc) is 2.51. The fourth-order valence-electron chi connectivity index (χ4n) is 3.02. The van der Waals surface area contributed by atoms with E-state index < -0.39 is 0 Å². The number of rotatable bonds is 18. The Morgan fingerprint density at radius 3 is 1.32 bits per heavy atom. The monoisotopic (exact) mass is 309 g/mol. The zero-order valence-electron chi connectivity index (χ0n) is 15.3. The summed E-state index contributed by atoms with van der Waals surface area (Å²) in [4.78, 5) is 11.3. The third-order valence-electron chi connectivity index (χ3n) is 4.51. The van der Waals surface area contributed by atoms with Crippen molar-refractivity contribution in [3.8, 4) is 0 Å². The zero-order chi connectivity index (χ0) is 16.3. The molecule has 1 heteroatoms. The predicted octanol–water partition coefficient (Wildman–Crippen LogP) is 7.43. The van der Waals surface area contributed by atoms with E-state index >= 15 is 0 Å². The highest BCUT2D eigenvalue weighted by atomic mass is 16.1. The molecule has 0 spiro atoms. The highest BCUT2D eigenvalue weighted by Crippen LogP contribution is 2.13. The lowest BCUT2D eigenvalue weighted by atomic mass is 10.0. The van der Waals surface area contributed by atoms with Gasteiger partial charge in [0.2, 0.25) is 0 Å². The molecule has 1 nitrogen and oxygen atoms in total. The first-order valence-electron chi connectivity index (χ1n) is 10.1. The standard InChI is InChI=1S/C21H41O/c1-3-5-6-7-8-9-10-11-12-13-14-15-16-17-18-20-21(22)19-4-2/h2-20H2,1H3. The molecule has 22 heavy (non-hydrogen) atoms. The van der Waals surface area contributed by atoms with E-state index in [9.17, 15) is 4.79 Å². The van der Waals surface area contributed by atoms with Gasteiger partial charge in [-0.3, -0.25) is 4.79 Å². The summed E-state index contributed by atoms with van der Waals surface area (Å²) in [5.41, 5.74) is 0. The molecule has 0 aromatic carbocycles. The van der Waals surface area contributed by atoms with Gasteiger partial charge in [0.1, 0.15) is 5.78 Å². The Morgan fingerprint density at radius 1 is 0.591 bits per heavy atom. The molecule has 0 fully saturated rings. The molecule has 0 rings (SSSR count). The smallest absolute Gasteiger partial charge is 0.132 e. The van der Waals surface area contributed by atoms with Crippen LogP contribution in [0.1, 0.15) is 122 Å². The van der Waals surface area contributed by atoms with Gasteiger partial charge >= 0.3 is 0 Å². The molecule has 0 unspecified atom stereocenters. The molecule has 0 saturated carbocycles. The van der Waals surface area contributed by atoms with Gasteiger partial charge in [0.05, 0.1) is 0 Å². The Bertz CT molecular complexity index is 222. The number of Topliss-reactive ketones (excluding diaryl/α,β-unsaturated/α-hetero) is 1. The molecule has 0 aliphatic rings. The second-order valence-electron chi connectivity index (χ2n) is 6.84. The van der Waals surface area contributed by atoms with Crippen molar-refractivity contribution >= 4 is 5.78 Å². The second-order valence-corrected chi connectivity index (χ2v) is 6.84. The maximum absolute atomic E-state index is 11.3. The van der Waals surface area contributed by atoms with Gasteiger partial charge in [0, 0.05) is 12.8 Å². The first-order chi connectivity index (χ1) is 10.8. The molecular formula is C21H41O. The Balaban J connectivity index is 3.01. The van der Waals surface area contributed by atoms with Crippen LogP contribution >= 0.6 is 0 Å². The first-order valence-corrected chi connectivity index (χ1v) is 10.1. The molecular weight excluding hydrogens is 268 g/mol. The highest BCUT2D eigenvalue weighted by molar-refractivity contribution is 5.78. The number of hydrogen-bond acceptors (Lipinski definition) is 1.